The van der Waals surface area contributed by atoms with Crippen LogP contribution in [0.15, 0.2) is 54.9 Å². The minimum Gasteiger partial charge on any atom is -0.473 e. The number of nitrogens with zero attached hydrogens (tertiary/aromatic N) is 5. The Kier molecular flexibility index (Phi) is 4.78. The number of piperidine rings is 1. The lowest BCUT2D eigenvalue weighted by Gasteiger charge is -2.31. The van der Waals surface area contributed by atoms with Crippen LogP contribution in [0, 0.1) is 5.82 Å². The van der Waals surface area contributed by atoms with Crippen LogP contribution in [-0.4, -0.2) is 50.0 Å². The second-order valence-corrected chi connectivity index (χ2v) is 6.30. The number of likely N-dealkylation sites (tertiary alicyclic amines) is 1. The molecule has 27 heavy (non-hydrogen) atoms. The zero-order chi connectivity index (χ0) is 18.6. The number of carbonyl (C=O) groups is 1. The molecule has 4 rings (SSSR count). The number of benzene rings is 1. The molecule has 1 aliphatic heterocycles. The smallest absolute Gasteiger partial charge is 0.253 e. The first kappa shape index (κ1) is 17.1. The zero-order valence-corrected chi connectivity index (χ0v) is 14.5. The fraction of sp³-hybridized carbons (Fsp3) is 0.263. The van der Waals surface area contributed by atoms with Crippen molar-refractivity contribution in [3.63, 3.8) is 0 Å². The molecule has 138 valence electrons. The standard InChI is InChI=1S/C19H18FN5O2/c20-15-4-2-14(3-5-15)19(26)24-12-8-16(9-13-24)27-18-7-6-17(22-23-18)25-11-1-10-21-25/h1-7,10-11,16H,8-9,12-13H2. The first-order valence-corrected chi connectivity index (χ1v) is 8.74. The molecule has 0 unspecified atom stereocenters. The Morgan fingerprint density at radius 3 is 2.48 bits per heavy atom. The molecule has 1 aromatic carbocycles. The molecule has 1 aliphatic rings. The van der Waals surface area contributed by atoms with Crippen LogP contribution in [-0.2, 0) is 0 Å². The molecule has 8 heteroatoms. The highest BCUT2D eigenvalue weighted by Crippen LogP contribution is 2.19. The summed E-state index contributed by atoms with van der Waals surface area (Å²) in [6, 6.07) is 11.0. The normalized spacial score (nSPS) is 14.9. The van der Waals surface area contributed by atoms with Crippen molar-refractivity contribution in [1.82, 2.24) is 24.9 Å². The first-order chi connectivity index (χ1) is 13.2. The van der Waals surface area contributed by atoms with Gasteiger partial charge in [0, 0.05) is 50.0 Å². The molecular formula is C19H18FN5O2. The zero-order valence-electron chi connectivity index (χ0n) is 14.5. The van der Waals surface area contributed by atoms with Crippen LogP contribution in [0.25, 0.3) is 5.82 Å². The van der Waals surface area contributed by atoms with Crippen LogP contribution in [0.1, 0.15) is 23.2 Å². The third-order valence-corrected chi connectivity index (χ3v) is 4.47. The molecule has 3 aromatic rings. The van der Waals surface area contributed by atoms with Gasteiger partial charge in [0.05, 0.1) is 0 Å². The summed E-state index contributed by atoms with van der Waals surface area (Å²) < 4.78 is 20.5. The molecule has 0 aliphatic carbocycles. The monoisotopic (exact) mass is 367 g/mol. The maximum Gasteiger partial charge on any atom is 0.253 e. The van der Waals surface area contributed by atoms with Crippen LogP contribution in [0.5, 0.6) is 5.88 Å². The highest BCUT2D eigenvalue weighted by atomic mass is 19.1. The van der Waals surface area contributed by atoms with Crippen LogP contribution in [0.2, 0.25) is 0 Å². The number of carbonyl (C=O) groups excluding carboxylic acids is 1. The van der Waals surface area contributed by atoms with Gasteiger partial charge in [0.2, 0.25) is 5.88 Å². The number of ether oxygens (including phenoxy) is 1. The summed E-state index contributed by atoms with van der Waals surface area (Å²) in [5.74, 6) is 0.636. The number of halogens is 1. The molecule has 7 nitrogen and oxygen atoms in total. The summed E-state index contributed by atoms with van der Waals surface area (Å²) in [4.78, 5) is 14.2. The Morgan fingerprint density at radius 2 is 1.85 bits per heavy atom. The number of aromatic nitrogens is 4. The van der Waals surface area contributed by atoms with Gasteiger partial charge in [-0.2, -0.15) is 5.10 Å². The SMILES string of the molecule is O=C(c1ccc(F)cc1)N1CCC(Oc2ccc(-n3cccn3)nn2)CC1. The predicted molar refractivity (Wildman–Crippen MR) is 95.1 cm³/mol. The van der Waals surface area contributed by atoms with Gasteiger partial charge in [-0.3, -0.25) is 4.79 Å². The van der Waals surface area contributed by atoms with E-state index in [4.69, 9.17) is 4.74 Å². The number of amides is 1. The lowest BCUT2D eigenvalue weighted by Crippen LogP contribution is -2.41. The highest BCUT2D eigenvalue weighted by molar-refractivity contribution is 5.94. The minimum atomic E-state index is -0.349. The van der Waals surface area contributed by atoms with Crippen molar-refractivity contribution in [3.8, 4) is 11.7 Å². The molecule has 0 saturated carbocycles. The van der Waals surface area contributed by atoms with Gasteiger partial charge in [-0.05, 0) is 36.4 Å². The lowest BCUT2D eigenvalue weighted by atomic mass is 10.1. The molecule has 0 spiro atoms. The molecule has 1 saturated heterocycles. The van der Waals surface area contributed by atoms with Crippen molar-refractivity contribution < 1.29 is 13.9 Å². The van der Waals surface area contributed by atoms with E-state index in [1.54, 1.807) is 34.1 Å². The largest absolute Gasteiger partial charge is 0.473 e. The van der Waals surface area contributed by atoms with E-state index in [1.165, 1.54) is 24.3 Å². The van der Waals surface area contributed by atoms with Crippen molar-refractivity contribution in [2.45, 2.75) is 18.9 Å². The van der Waals surface area contributed by atoms with Crippen molar-refractivity contribution >= 4 is 5.91 Å². The van der Waals surface area contributed by atoms with E-state index in [0.717, 1.165) is 0 Å². The Bertz CT molecular complexity index is 889. The summed E-state index contributed by atoms with van der Waals surface area (Å²) in [5, 5.41) is 12.3. The fourth-order valence-corrected chi connectivity index (χ4v) is 3.02. The van der Waals surface area contributed by atoms with Crippen molar-refractivity contribution in [3.05, 3.63) is 66.2 Å². The van der Waals surface area contributed by atoms with E-state index in [9.17, 15) is 9.18 Å². The molecule has 1 amide bonds. The van der Waals surface area contributed by atoms with Gasteiger partial charge in [-0.25, -0.2) is 9.07 Å². The van der Waals surface area contributed by atoms with Crippen molar-refractivity contribution in [2.75, 3.05) is 13.1 Å². The van der Waals surface area contributed by atoms with Gasteiger partial charge in [-0.15, -0.1) is 10.2 Å². The minimum absolute atomic E-state index is 0.0212. The van der Waals surface area contributed by atoms with Crippen LogP contribution in [0.4, 0.5) is 4.39 Å². The fourth-order valence-electron chi connectivity index (χ4n) is 3.02. The first-order valence-electron chi connectivity index (χ1n) is 8.74. The van der Waals surface area contributed by atoms with Crippen LogP contribution < -0.4 is 4.74 Å². The Morgan fingerprint density at radius 1 is 1.07 bits per heavy atom. The summed E-state index contributed by atoms with van der Waals surface area (Å²) in [6.07, 6.45) is 4.85. The number of rotatable bonds is 4. The summed E-state index contributed by atoms with van der Waals surface area (Å²) in [7, 11) is 0. The molecule has 0 bridgehead atoms. The average Bonchev–Trinajstić information content (AvgIpc) is 3.24. The maximum atomic E-state index is 13.0. The third-order valence-electron chi connectivity index (χ3n) is 4.47. The maximum absolute atomic E-state index is 13.0. The van der Waals surface area contributed by atoms with E-state index >= 15 is 0 Å². The number of hydrogen-bond donors (Lipinski definition) is 0. The Hall–Kier alpha value is -3.29. The van der Waals surface area contributed by atoms with Gasteiger partial charge in [0.25, 0.3) is 5.91 Å². The van der Waals surface area contributed by atoms with E-state index in [0.29, 0.717) is 43.2 Å². The number of hydrogen-bond acceptors (Lipinski definition) is 5. The van der Waals surface area contributed by atoms with Crippen molar-refractivity contribution in [1.29, 1.82) is 0 Å². The second-order valence-electron chi connectivity index (χ2n) is 6.30. The van der Waals surface area contributed by atoms with Gasteiger partial charge < -0.3 is 9.64 Å². The quantitative estimate of drug-likeness (QED) is 0.708. The lowest BCUT2D eigenvalue weighted by molar-refractivity contribution is 0.0586. The molecule has 0 radical (unpaired) electrons. The Balaban J connectivity index is 1.31. The van der Waals surface area contributed by atoms with E-state index in [1.807, 2.05) is 6.07 Å². The average molecular weight is 367 g/mol. The summed E-state index contributed by atoms with van der Waals surface area (Å²) in [5.41, 5.74) is 0.496. The third kappa shape index (κ3) is 3.94. The predicted octanol–water partition coefficient (Wildman–Crippen LogP) is 2.49. The van der Waals surface area contributed by atoms with E-state index < -0.39 is 0 Å². The Labute approximate surface area is 155 Å². The van der Waals surface area contributed by atoms with E-state index in [2.05, 4.69) is 15.3 Å². The molecule has 3 heterocycles. The molecule has 1 fully saturated rings. The van der Waals surface area contributed by atoms with Crippen LogP contribution in [0.3, 0.4) is 0 Å². The highest BCUT2D eigenvalue weighted by Gasteiger charge is 2.25. The second kappa shape index (κ2) is 7.53. The summed E-state index contributed by atoms with van der Waals surface area (Å²) in [6.45, 7) is 1.17. The summed E-state index contributed by atoms with van der Waals surface area (Å²) >= 11 is 0. The van der Waals surface area contributed by atoms with Gasteiger partial charge in [0.15, 0.2) is 5.82 Å². The molecular weight excluding hydrogens is 349 g/mol. The van der Waals surface area contributed by atoms with Gasteiger partial charge in [-0.1, -0.05) is 0 Å². The van der Waals surface area contributed by atoms with E-state index in [-0.39, 0.29) is 17.8 Å². The van der Waals surface area contributed by atoms with Gasteiger partial charge >= 0.3 is 0 Å². The topological polar surface area (TPSA) is 73.1 Å². The molecule has 2 aromatic heterocycles. The van der Waals surface area contributed by atoms with Crippen molar-refractivity contribution in [2.24, 2.45) is 0 Å². The molecule has 0 atom stereocenters. The van der Waals surface area contributed by atoms with Crippen LogP contribution >= 0.6 is 0 Å². The molecule has 0 N–H and O–H groups in total. The van der Waals surface area contributed by atoms with Gasteiger partial charge in [0.1, 0.15) is 11.9 Å².